The van der Waals surface area contributed by atoms with Crippen LogP contribution in [0.5, 0.6) is 0 Å². The molecule has 174 valence electrons. The SMILES string of the molecule is CC(=O)N(CC(=O)OC(=N)C(O)C(CC(=O)O)C(=O)OCc1ccccc1)c1ccccc1. The third-order valence-corrected chi connectivity index (χ3v) is 4.53. The summed E-state index contributed by atoms with van der Waals surface area (Å²) in [6.45, 7) is 0.517. The van der Waals surface area contributed by atoms with Gasteiger partial charge in [-0.25, -0.2) is 4.79 Å². The van der Waals surface area contributed by atoms with Gasteiger partial charge in [0.15, 0.2) is 0 Å². The maximum Gasteiger partial charge on any atom is 0.332 e. The number of para-hydroxylation sites is 1. The minimum Gasteiger partial charge on any atom is -0.481 e. The quantitative estimate of drug-likeness (QED) is 0.278. The molecule has 2 rings (SSSR count). The molecule has 3 N–H and O–H groups in total. The summed E-state index contributed by atoms with van der Waals surface area (Å²) in [6.07, 6.45) is -2.89. The Kier molecular flexibility index (Phi) is 9.25. The first kappa shape index (κ1) is 25.2. The molecule has 0 bridgehead atoms. The summed E-state index contributed by atoms with van der Waals surface area (Å²) in [5, 5.41) is 27.3. The lowest BCUT2D eigenvalue weighted by atomic mass is 9.98. The average molecular weight is 456 g/mol. The van der Waals surface area contributed by atoms with Crippen LogP contribution in [-0.4, -0.2) is 52.6 Å². The highest BCUT2D eigenvalue weighted by molar-refractivity contribution is 5.99. The molecular weight excluding hydrogens is 432 g/mol. The smallest absolute Gasteiger partial charge is 0.332 e. The van der Waals surface area contributed by atoms with Gasteiger partial charge >= 0.3 is 17.9 Å². The number of aliphatic hydroxyl groups excluding tert-OH is 1. The van der Waals surface area contributed by atoms with Crippen LogP contribution in [0.15, 0.2) is 60.7 Å². The van der Waals surface area contributed by atoms with Crippen LogP contribution in [0, 0.1) is 11.3 Å². The van der Waals surface area contributed by atoms with Crippen LogP contribution in [0.4, 0.5) is 5.69 Å². The Hall–Kier alpha value is -4.05. The lowest BCUT2D eigenvalue weighted by molar-refractivity contribution is -0.157. The molecule has 2 aromatic carbocycles. The number of carbonyl (C=O) groups is 4. The molecular formula is C23H24N2O8. The molecule has 33 heavy (non-hydrogen) atoms. The number of nitrogens with zero attached hydrogens (tertiary/aromatic N) is 1. The number of aliphatic carboxylic acids is 1. The molecule has 0 radical (unpaired) electrons. The number of rotatable bonds is 10. The summed E-state index contributed by atoms with van der Waals surface area (Å²) in [5.74, 6) is -6.70. The first-order chi connectivity index (χ1) is 15.7. The number of ether oxygens (including phenoxy) is 2. The predicted molar refractivity (Wildman–Crippen MR) is 116 cm³/mol. The lowest BCUT2D eigenvalue weighted by Crippen LogP contribution is -2.41. The van der Waals surface area contributed by atoms with Gasteiger partial charge in [-0.2, -0.15) is 0 Å². The zero-order valence-corrected chi connectivity index (χ0v) is 17.8. The predicted octanol–water partition coefficient (Wildman–Crippen LogP) is 1.76. The van der Waals surface area contributed by atoms with Crippen LogP contribution in [0.2, 0.25) is 0 Å². The number of nitrogens with one attached hydrogen (secondary N) is 1. The fraction of sp³-hybridized carbons (Fsp3) is 0.261. The molecule has 0 fully saturated rings. The Morgan fingerprint density at radius 1 is 1.00 bits per heavy atom. The van der Waals surface area contributed by atoms with Crippen LogP contribution < -0.4 is 4.90 Å². The number of amides is 1. The number of esters is 2. The van der Waals surface area contributed by atoms with Gasteiger partial charge in [-0.3, -0.25) is 19.8 Å². The van der Waals surface area contributed by atoms with Gasteiger partial charge in [-0.15, -0.1) is 0 Å². The zero-order valence-electron chi connectivity index (χ0n) is 17.8. The second-order valence-electron chi connectivity index (χ2n) is 7.02. The highest BCUT2D eigenvalue weighted by atomic mass is 16.6. The standard InChI is InChI=1S/C23H24N2O8/c1-15(26)25(17-10-6-3-7-11-17)13-20(29)33-22(24)21(30)18(12-19(27)28)23(31)32-14-16-8-4-2-5-9-16/h2-11,18,21,24,30H,12-14H2,1H3,(H,27,28). The van der Waals surface area contributed by atoms with Crippen LogP contribution in [0.25, 0.3) is 0 Å². The molecule has 0 spiro atoms. The van der Waals surface area contributed by atoms with E-state index in [1.54, 1.807) is 60.7 Å². The molecule has 0 aliphatic rings. The average Bonchev–Trinajstić information content (AvgIpc) is 2.79. The van der Waals surface area contributed by atoms with E-state index in [2.05, 4.69) is 0 Å². The number of hydrogen-bond donors (Lipinski definition) is 3. The number of benzene rings is 2. The minimum absolute atomic E-state index is 0.166. The molecule has 2 unspecified atom stereocenters. The molecule has 0 saturated heterocycles. The van der Waals surface area contributed by atoms with Gasteiger partial charge < -0.3 is 24.6 Å². The normalized spacial score (nSPS) is 12.2. The van der Waals surface area contributed by atoms with Crippen LogP contribution in [0.3, 0.4) is 0 Å². The molecule has 1 amide bonds. The summed E-state index contributed by atoms with van der Waals surface area (Å²) >= 11 is 0. The lowest BCUT2D eigenvalue weighted by Gasteiger charge is -2.22. The molecule has 0 aromatic heterocycles. The van der Waals surface area contributed by atoms with Gasteiger partial charge in [0, 0.05) is 12.6 Å². The molecule has 0 aliphatic carbocycles. The summed E-state index contributed by atoms with van der Waals surface area (Å²) in [7, 11) is 0. The molecule has 0 heterocycles. The number of carbonyl (C=O) groups excluding carboxylic acids is 3. The summed E-state index contributed by atoms with van der Waals surface area (Å²) in [4.78, 5) is 48.8. The first-order valence-electron chi connectivity index (χ1n) is 9.91. The van der Waals surface area contributed by atoms with Gasteiger partial charge in [-0.05, 0) is 17.7 Å². The van der Waals surface area contributed by atoms with Gasteiger partial charge in [-0.1, -0.05) is 48.5 Å². The van der Waals surface area contributed by atoms with Crippen LogP contribution in [0.1, 0.15) is 18.9 Å². The number of carboxylic acid groups (broad SMARTS) is 1. The van der Waals surface area contributed by atoms with Gasteiger partial charge in [0.1, 0.15) is 25.2 Å². The van der Waals surface area contributed by atoms with Crippen molar-refractivity contribution in [2.45, 2.75) is 26.1 Å². The summed E-state index contributed by atoms with van der Waals surface area (Å²) < 4.78 is 9.86. The topological polar surface area (TPSA) is 154 Å². The second kappa shape index (κ2) is 12.1. The maximum absolute atomic E-state index is 12.4. The Morgan fingerprint density at radius 3 is 2.12 bits per heavy atom. The molecule has 2 atom stereocenters. The van der Waals surface area contributed by atoms with E-state index in [0.29, 0.717) is 11.3 Å². The van der Waals surface area contributed by atoms with E-state index in [0.717, 1.165) is 4.90 Å². The molecule has 2 aromatic rings. The fourth-order valence-electron chi connectivity index (χ4n) is 2.87. The van der Waals surface area contributed by atoms with Crippen molar-refractivity contribution in [2.75, 3.05) is 11.4 Å². The second-order valence-corrected chi connectivity index (χ2v) is 7.02. The van der Waals surface area contributed by atoms with Crippen molar-refractivity contribution in [3.8, 4) is 0 Å². The number of anilines is 1. The largest absolute Gasteiger partial charge is 0.481 e. The minimum atomic E-state index is -2.05. The van der Waals surface area contributed by atoms with E-state index in [9.17, 15) is 24.3 Å². The Labute approximate surface area is 189 Å². The Morgan fingerprint density at radius 2 is 1.58 bits per heavy atom. The molecule has 10 heteroatoms. The van der Waals surface area contributed by atoms with Crippen molar-refractivity contribution in [1.82, 2.24) is 0 Å². The monoisotopic (exact) mass is 456 g/mol. The number of aliphatic hydroxyl groups is 1. The van der Waals surface area contributed by atoms with E-state index in [1.807, 2.05) is 0 Å². The highest BCUT2D eigenvalue weighted by Crippen LogP contribution is 2.17. The van der Waals surface area contributed by atoms with Gasteiger partial charge in [0.2, 0.25) is 11.8 Å². The van der Waals surface area contributed by atoms with Crippen molar-refractivity contribution in [2.24, 2.45) is 5.92 Å². The summed E-state index contributed by atoms with van der Waals surface area (Å²) in [5.41, 5.74) is 1.06. The maximum atomic E-state index is 12.4. The van der Waals surface area contributed by atoms with E-state index in [1.165, 1.54) is 6.92 Å². The highest BCUT2D eigenvalue weighted by Gasteiger charge is 2.35. The van der Waals surface area contributed by atoms with Crippen LogP contribution >= 0.6 is 0 Å². The molecule has 0 saturated carbocycles. The van der Waals surface area contributed by atoms with Crippen LogP contribution in [-0.2, 0) is 35.3 Å². The van der Waals surface area contributed by atoms with E-state index < -0.39 is 54.7 Å². The van der Waals surface area contributed by atoms with Crippen molar-refractivity contribution < 1.29 is 38.9 Å². The molecule has 10 nitrogen and oxygen atoms in total. The van der Waals surface area contributed by atoms with E-state index in [4.69, 9.17) is 20.0 Å². The van der Waals surface area contributed by atoms with E-state index >= 15 is 0 Å². The van der Waals surface area contributed by atoms with Gasteiger partial charge in [0.05, 0.1) is 6.42 Å². The van der Waals surface area contributed by atoms with Gasteiger partial charge in [0.25, 0.3) is 0 Å². The molecule has 0 aliphatic heterocycles. The van der Waals surface area contributed by atoms with Crippen molar-refractivity contribution in [1.29, 1.82) is 5.41 Å². The van der Waals surface area contributed by atoms with E-state index in [-0.39, 0.29) is 6.61 Å². The Balaban J connectivity index is 2.03. The fourth-order valence-corrected chi connectivity index (χ4v) is 2.87. The van der Waals surface area contributed by atoms with Crippen molar-refractivity contribution >= 4 is 35.4 Å². The van der Waals surface area contributed by atoms with Crippen molar-refractivity contribution in [3.05, 3.63) is 66.2 Å². The number of hydrogen-bond acceptors (Lipinski definition) is 8. The summed E-state index contributed by atoms with van der Waals surface area (Å²) in [6, 6.07) is 16.8. The third kappa shape index (κ3) is 7.86. The zero-order chi connectivity index (χ0) is 24.4. The third-order valence-electron chi connectivity index (χ3n) is 4.53. The van der Waals surface area contributed by atoms with Crippen molar-refractivity contribution in [3.63, 3.8) is 0 Å². The Bertz CT molecular complexity index is 994. The number of carboxylic acids is 1. The first-order valence-corrected chi connectivity index (χ1v) is 9.91.